The number of carbonyl (C=O) groups is 1. The molecule has 0 bridgehead atoms. The van der Waals surface area contributed by atoms with Gasteiger partial charge in [-0.2, -0.15) is 4.98 Å². The zero-order valence-corrected chi connectivity index (χ0v) is 17.6. The number of amides is 1. The lowest BCUT2D eigenvalue weighted by atomic mass is 9.93. The third-order valence-corrected chi connectivity index (χ3v) is 5.95. The topological polar surface area (TPSA) is 82.9 Å². The molecule has 1 aromatic heterocycles. The van der Waals surface area contributed by atoms with Crippen molar-refractivity contribution in [1.82, 2.24) is 14.5 Å². The fourth-order valence-electron chi connectivity index (χ4n) is 4.55. The maximum Gasteiger partial charge on any atom is 0.273 e. The highest BCUT2D eigenvalue weighted by atomic mass is 16.5. The molecular weight excluding hydrogens is 386 g/mol. The number of piperidine rings is 1. The summed E-state index contributed by atoms with van der Waals surface area (Å²) in [5.74, 6) is 2.26. The van der Waals surface area contributed by atoms with Crippen LogP contribution in [0.5, 0.6) is 17.2 Å². The summed E-state index contributed by atoms with van der Waals surface area (Å²) in [7, 11) is 4.60. The van der Waals surface area contributed by atoms with Gasteiger partial charge in [-0.1, -0.05) is 0 Å². The lowest BCUT2D eigenvalue weighted by Gasteiger charge is -2.34. The summed E-state index contributed by atoms with van der Waals surface area (Å²) >= 11 is 0. The molecular formula is C22H27N3O5. The fourth-order valence-corrected chi connectivity index (χ4v) is 4.55. The Hall–Kier alpha value is -3.03. The molecule has 2 aromatic rings. The van der Waals surface area contributed by atoms with E-state index in [9.17, 15) is 9.59 Å². The summed E-state index contributed by atoms with van der Waals surface area (Å²) in [6, 6.07) is 5.01. The predicted molar refractivity (Wildman–Crippen MR) is 111 cm³/mol. The molecule has 0 N–H and O–H groups in total. The number of fused-ring (bicyclic) bond motifs is 1. The first kappa shape index (κ1) is 20.3. The molecule has 8 heteroatoms. The van der Waals surface area contributed by atoms with E-state index >= 15 is 0 Å². The van der Waals surface area contributed by atoms with Gasteiger partial charge in [0.2, 0.25) is 5.75 Å². The van der Waals surface area contributed by atoms with E-state index in [1.54, 1.807) is 18.2 Å². The van der Waals surface area contributed by atoms with Gasteiger partial charge >= 0.3 is 0 Å². The molecule has 30 heavy (non-hydrogen) atoms. The number of hydrogen-bond donors (Lipinski definition) is 0. The van der Waals surface area contributed by atoms with Crippen LogP contribution in [0.25, 0.3) is 0 Å². The van der Waals surface area contributed by atoms with Gasteiger partial charge < -0.3 is 23.7 Å². The van der Waals surface area contributed by atoms with Crippen molar-refractivity contribution in [3.05, 3.63) is 45.6 Å². The Morgan fingerprint density at radius 1 is 1.03 bits per heavy atom. The quantitative estimate of drug-likeness (QED) is 0.748. The smallest absolute Gasteiger partial charge is 0.273 e. The largest absolute Gasteiger partial charge is 0.493 e. The SMILES string of the molecule is COc1cc(C(=O)N2CCCC(c3cc(=O)nc4n3CCC4)C2)cc(OC)c1OC. The third kappa shape index (κ3) is 3.62. The molecule has 0 radical (unpaired) electrons. The van der Waals surface area contributed by atoms with Crippen molar-refractivity contribution in [2.45, 2.75) is 38.1 Å². The first-order valence-electron chi connectivity index (χ1n) is 10.3. The molecule has 1 unspecified atom stereocenters. The van der Waals surface area contributed by atoms with E-state index in [1.165, 1.54) is 21.3 Å². The van der Waals surface area contributed by atoms with Crippen molar-refractivity contribution in [2.75, 3.05) is 34.4 Å². The number of likely N-dealkylation sites (tertiary alicyclic amines) is 1. The summed E-state index contributed by atoms with van der Waals surface area (Å²) < 4.78 is 18.3. The minimum Gasteiger partial charge on any atom is -0.493 e. The van der Waals surface area contributed by atoms with Gasteiger partial charge in [-0.05, 0) is 31.4 Å². The highest BCUT2D eigenvalue weighted by Crippen LogP contribution is 2.39. The standard InChI is InChI=1S/C22H27N3O5/c1-28-17-10-15(11-18(29-2)21(17)30-3)22(27)24-8-4-6-14(13-24)16-12-20(26)23-19-7-5-9-25(16)19/h10-12,14H,4-9,13H2,1-3H3. The molecule has 3 heterocycles. The first-order valence-corrected chi connectivity index (χ1v) is 10.3. The molecule has 1 amide bonds. The first-order chi connectivity index (χ1) is 14.5. The van der Waals surface area contributed by atoms with Crippen molar-refractivity contribution in [2.24, 2.45) is 0 Å². The molecule has 2 aliphatic heterocycles. The van der Waals surface area contributed by atoms with E-state index in [0.29, 0.717) is 35.9 Å². The summed E-state index contributed by atoms with van der Waals surface area (Å²) in [5.41, 5.74) is 1.30. The molecule has 0 spiro atoms. The Bertz CT molecular complexity index is 991. The molecule has 1 saturated heterocycles. The van der Waals surface area contributed by atoms with E-state index < -0.39 is 0 Å². The molecule has 0 aliphatic carbocycles. The van der Waals surface area contributed by atoms with Crippen LogP contribution in [0.4, 0.5) is 0 Å². The van der Waals surface area contributed by atoms with Crippen LogP contribution < -0.4 is 19.8 Å². The van der Waals surface area contributed by atoms with Gasteiger partial charge in [0.1, 0.15) is 5.82 Å². The van der Waals surface area contributed by atoms with Gasteiger partial charge in [-0.3, -0.25) is 9.59 Å². The second-order valence-electron chi connectivity index (χ2n) is 7.69. The van der Waals surface area contributed by atoms with Crippen LogP contribution in [0.1, 0.15) is 47.1 Å². The lowest BCUT2D eigenvalue weighted by Crippen LogP contribution is -2.40. The molecule has 8 nitrogen and oxygen atoms in total. The number of benzene rings is 1. The Kier molecular flexibility index (Phi) is 5.65. The average Bonchev–Trinajstić information content (AvgIpc) is 3.25. The third-order valence-electron chi connectivity index (χ3n) is 5.95. The predicted octanol–water partition coefficient (Wildman–Crippen LogP) is 2.24. The maximum atomic E-state index is 13.3. The Morgan fingerprint density at radius 2 is 1.77 bits per heavy atom. The van der Waals surface area contributed by atoms with Crippen LogP contribution in [0, 0.1) is 0 Å². The zero-order valence-electron chi connectivity index (χ0n) is 17.6. The van der Waals surface area contributed by atoms with Crippen LogP contribution in [0.3, 0.4) is 0 Å². The van der Waals surface area contributed by atoms with Crippen LogP contribution in [0.15, 0.2) is 23.0 Å². The normalized spacial score (nSPS) is 18.1. The fraction of sp³-hybridized carbons (Fsp3) is 0.500. The number of nitrogens with zero attached hydrogens (tertiary/aromatic N) is 3. The number of hydrogen-bond acceptors (Lipinski definition) is 6. The number of methoxy groups -OCH3 is 3. The van der Waals surface area contributed by atoms with Crippen molar-refractivity contribution in [3.8, 4) is 17.2 Å². The van der Waals surface area contributed by atoms with Crippen LogP contribution >= 0.6 is 0 Å². The van der Waals surface area contributed by atoms with E-state index in [4.69, 9.17) is 14.2 Å². The highest BCUT2D eigenvalue weighted by molar-refractivity contribution is 5.95. The Labute approximate surface area is 175 Å². The monoisotopic (exact) mass is 413 g/mol. The van der Waals surface area contributed by atoms with E-state index in [-0.39, 0.29) is 17.4 Å². The van der Waals surface area contributed by atoms with E-state index in [0.717, 1.165) is 43.7 Å². The second kappa shape index (κ2) is 8.38. The minimum absolute atomic E-state index is 0.0861. The summed E-state index contributed by atoms with van der Waals surface area (Å²) in [5, 5.41) is 0. The molecule has 4 rings (SSSR count). The van der Waals surface area contributed by atoms with Crippen LogP contribution in [-0.4, -0.2) is 54.8 Å². The Balaban J connectivity index is 1.62. The highest BCUT2D eigenvalue weighted by Gasteiger charge is 2.30. The van der Waals surface area contributed by atoms with Gasteiger partial charge in [0.25, 0.3) is 11.5 Å². The average molecular weight is 413 g/mol. The lowest BCUT2D eigenvalue weighted by molar-refractivity contribution is 0.0703. The maximum absolute atomic E-state index is 13.3. The zero-order chi connectivity index (χ0) is 21.3. The number of aromatic nitrogens is 2. The van der Waals surface area contributed by atoms with Crippen molar-refractivity contribution < 1.29 is 19.0 Å². The summed E-state index contributed by atoms with van der Waals surface area (Å²) in [6.45, 7) is 2.13. The van der Waals surface area contributed by atoms with Gasteiger partial charge in [0, 0.05) is 49.3 Å². The number of carbonyl (C=O) groups excluding carboxylic acids is 1. The Morgan fingerprint density at radius 3 is 2.43 bits per heavy atom. The molecule has 2 aliphatic rings. The van der Waals surface area contributed by atoms with Crippen molar-refractivity contribution in [1.29, 1.82) is 0 Å². The van der Waals surface area contributed by atoms with E-state index in [1.807, 2.05) is 4.90 Å². The van der Waals surface area contributed by atoms with Gasteiger partial charge in [-0.15, -0.1) is 0 Å². The molecule has 1 fully saturated rings. The van der Waals surface area contributed by atoms with Gasteiger partial charge in [-0.25, -0.2) is 0 Å². The van der Waals surface area contributed by atoms with Crippen LogP contribution in [0.2, 0.25) is 0 Å². The molecule has 1 atom stereocenters. The molecule has 1 aromatic carbocycles. The summed E-state index contributed by atoms with van der Waals surface area (Å²) in [4.78, 5) is 31.4. The van der Waals surface area contributed by atoms with Crippen molar-refractivity contribution >= 4 is 5.91 Å². The number of ether oxygens (including phenoxy) is 3. The van der Waals surface area contributed by atoms with E-state index in [2.05, 4.69) is 9.55 Å². The van der Waals surface area contributed by atoms with Crippen LogP contribution in [-0.2, 0) is 13.0 Å². The van der Waals surface area contributed by atoms with Gasteiger partial charge in [0.15, 0.2) is 11.5 Å². The number of aryl methyl sites for hydroxylation is 1. The van der Waals surface area contributed by atoms with Gasteiger partial charge in [0.05, 0.1) is 21.3 Å². The minimum atomic E-state index is -0.189. The van der Waals surface area contributed by atoms with Crippen molar-refractivity contribution in [3.63, 3.8) is 0 Å². The number of rotatable bonds is 5. The second-order valence-corrected chi connectivity index (χ2v) is 7.69. The summed E-state index contributed by atoms with van der Waals surface area (Å²) in [6.07, 6.45) is 3.67. The molecule has 160 valence electrons. The molecule has 0 saturated carbocycles.